The summed E-state index contributed by atoms with van der Waals surface area (Å²) in [6, 6.07) is 12.5. The van der Waals surface area contributed by atoms with Crippen molar-refractivity contribution < 1.29 is 43.4 Å². The van der Waals surface area contributed by atoms with Crippen LogP contribution < -0.4 is 28.7 Å². The zero-order chi connectivity index (χ0) is 19.0. The molecule has 148 valence electrons. The molecule has 0 amide bonds. The summed E-state index contributed by atoms with van der Waals surface area (Å²) in [5.41, 5.74) is 1.77. The van der Waals surface area contributed by atoms with E-state index in [1.54, 1.807) is 12.1 Å². The van der Waals surface area contributed by atoms with Gasteiger partial charge in [0.2, 0.25) is 0 Å². The predicted octanol–water partition coefficient (Wildman–Crippen LogP) is 1.53. The van der Waals surface area contributed by atoms with Crippen molar-refractivity contribution in [3.8, 4) is 17.2 Å². The highest BCUT2D eigenvalue weighted by atomic mass is 127. The molecule has 0 saturated heterocycles. The van der Waals surface area contributed by atoms with E-state index in [4.69, 9.17) is 4.74 Å². The fourth-order valence-electron chi connectivity index (χ4n) is 3.08. The highest BCUT2D eigenvalue weighted by Crippen LogP contribution is 2.22. The van der Waals surface area contributed by atoms with E-state index in [1.165, 1.54) is 6.07 Å². The average molecular weight is 483 g/mol. The third kappa shape index (κ3) is 7.07. The molecule has 0 radical (unpaired) electrons. The van der Waals surface area contributed by atoms with Crippen molar-refractivity contribution in [2.24, 2.45) is 0 Å². The van der Waals surface area contributed by atoms with Gasteiger partial charge in [0.25, 0.3) is 0 Å². The summed E-state index contributed by atoms with van der Waals surface area (Å²) in [4.78, 5) is 0. The molecule has 0 aromatic heterocycles. The van der Waals surface area contributed by atoms with Gasteiger partial charge in [0.05, 0.1) is 19.6 Å². The van der Waals surface area contributed by atoms with Crippen molar-refractivity contribution >= 4 is 12.2 Å². The fourth-order valence-corrected chi connectivity index (χ4v) is 3.08. The van der Waals surface area contributed by atoms with Gasteiger partial charge in [-0.3, -0.25) is 0 Å². The van der Waals surface area contributed by atoms with Crippen LogP contribution in [0.2, 0.25) is 0 Å². The lowest BCUT2D eigenvalue weighted by Gasteiger charge is -2.35. The first-order chi connectivity index (χ1) is 12.5. The molecule has 5 heteroatoms. The maximum atomic E-state index is 9.51. The Kier molecular flexibility index (Phi) is 9.66. The minimum Gasteiger partial charge on any atom is -1.00 e. The first kappa shape index (κ1) is 23.3. The molecule has 0 saturated carbocycles. The fraction of sp³-hybridized carbons (Fsp3) is 0.364. The summed E-state index contributed by atoms with van der Waals surface area (Å²) < 4.78 is 6.99. The number of hydrogen-bond donors (Lipinski definition) is 2. The molecule has 0 atom stereocenters. The van der Waals surface area contributed by atoms with Crippen molar-refractivity contribution in [3.05, 3.63) is 53.6 Å². The van der Waals surface area contributed by atoms with Gasteiger partial charge in [0.15, 0.2) is 0 Å². The standard InChI is InChI=1S/C22H29NO3.HI/c1-4-23(5-2,6-3)13-14-26-22-11-9-18(10-12-22)7-8-19-15-20(24)17-21(25)16-19;/h7-12,15-17H,4-6,13-14H2,1-3H3,(H-,24,25);1H/b8-7+;. The molecule has 4 nitrogen and oxygen atoms in total. The lowest BCUT2D eigenvalue weighted by molar-refractivity contribution is -0.923. The van der Waals surface area contributed by atoms with Gasteiger partial charge in [-0.15, -0.1) is 0 Å². The van der Waals surface area contributed by atoms with Gasteiger partial charge in [-0.2, -0.15) is 0 Å². The van der Waals surface area contributed by atoms with Gasteiger partial charge >= 0.3 is 0 Å². The minimum atomic E-state index is 0. The van der Waals surface area contributed by atoms with E-state index < -0.39 is 0 Å². The highest BCUT2D eigenvalue weighted by Gasteiger charge is 2.20. The van der Waals surface area contributed by atoms with E-state index in [9.17, 15) is 10.2 Å². The van der Waals surface area contributed by atoms with E-state index in [0.29, 0.717) is 6.61 Å². The zero-order valence-electron chi connectivity index (χ0n) is 16.4. The monoisotopic (exact) mass is 483 g/mol. The largest absolute Gasteiger partial charge is 1.00 e. The van der Waals surface area contributed by atoms with E-state index in [2.05, 4.69) is 20.8 Å². The van der Waals surface area contributed by atoms with Crippen LogP contribution in [0.1, 0.15) is 31.9 Å². The Morgan fingerprint density at radius 1 is 0.815 bits per heavy atom. The SMILES string of the molecule is CC[N+](CC)(CC)CCOc1ccc(/C=C/c2cc(O)cc(O)c2)cc1.[I-]. The number of quaternary nitrogens is 1. The molecule has 2 aromatic carbocycles. The third-order valence-corrected chi connectivity index (χ3v) is 5.12. The van der Waals surface area contributed by atoms with Gasteiger partial charge < -0.3 is 43.4 Å². The molecule has 0 bridgehead atoms. The van der Waals surface area contributed by atoms with Crippen LogP contribution in [0.15, 0.2) is 42.5 Å². The van der Waals surface area contributed by atoms with Crippen LogP contribution in [0.25, 0.3) is 12.2 Å². The molecule has 2 N–H and O–H groups in total. The maximum Gasteiger partial charge on any atom is 0.137 e. The average Bonchev–Trinajstić information content (AvgIpc) is 2.64. The molecule has 0 spiro atoms. The molecule has 2 aromatic rings. The predicted molar refractivity (Wildman–Crippen MR) is 107 cm³/mol. The Labute approximate surface area is 179 Å². The summed E-state index contributed by atoms with van der Waals surface area (Å²) in [5.74, 6) is 0.974. The van der Waals surface area contributed by atoms with Crippen LogP contribution in [0, 0.1) is 0 Å². The lowest BCUT2D eigenvalue weighted by Crippen LogP contribution is -3.00. The summed E-state index contributed by atoms with van der Waals surface area (Å²) in [6.07, 6.45) is 3.79. The Balaban J connectivity index is 0.00000364. The summed E-state index contributed by atoms with van der Waals surface area (Å²) in [5, 5.41) is 19.0. The first-order valence-electron chi connectivity index (χ1n) is 9.29. The molecule has 0 unspecified atom stereocenters. The summed E-state index contributed by atoms with van der Waals surface area (Å²) in [6.45, 7) is 11.8. The molecule has 0 fully saturated rings. The highest BCUT2D eigenvalue weighted by molar-refractivity contribution is 5.71. The second-order valence-electron chi connectivity index (χ2n) is 6.55. The Morgan fingerprint density at radius 3 is 1.85 bits per heavy atom. The normalized spacial score (nSPS) is 11.4. The number of nitrogens with zero attached hydrogens (tertiary/aromatic N) is 1. The summed E-state index contributed by atoms with van der Waals surface area (Å²) >= 11 is 0. The van der Waals surface area contributed by atoms with Crippen LogP contribution >= 0.6 is 0 Å². The minimum absolute atomic E-state index is 0. The zero-order valence-corrected chi connectivity index (χ0v) is 18.5. The maximum absolute atomic E-state index is 9.51. The molecule has 0 aliphatic heterocycles. The van der Waals surface area contributed by atoms with Crippen LogP contribution in [0.5, 0.6) is 17.2 Å². The number of benzene rings is 2. The molecule has 0 heterocycles. The number of phenolic OH excluding ortho intramolecular Hbond substituents is 2. The van der Waals surface area contributed by atoms with Gasteiger partial charge in [-0.05, 0) is 56.2 Å². The van der Waals surface area contributed by atoms with Crippen molar-refractivity contribution in [1.82, 2.24) is 0 Å². The van der Waals surface area contributed by atoms with Crippen molar-refractivity contribution in [2.45, 2.75) is 20.8 Å². The quantitative estimate of drug-likeness (QED) is 0.323. The van der Waals surface area contributed by atoms with Crippen molar-refractivity contribution in [3.63, 3.8) is 0 Å². The topological polar surface area (TPSA) is 49.7 Å². The van der Waals surface area contributed by atoms with Crippen LogP contribution in [-0.4, -0.2) is 47.5 Å². The molecule has 0 aliphatic rings. The number of hydrogen-bond acceptors (Lipinski definition) is 3. The number of ether oxygens (including phenoxy) is 1. The van der Waals surface area contributed by atoms with Crippen molar-refractivity contribution in [2.75, 3.05) is 32.8 Å². The summed E-state index contributed by atoms with van der Waals surface area (Å²) in [7, 11) is 0. The number of phenols is 2. The van der Waals surface area contributed by atoms with Gasteiger partial charge in [0.1, 0.15) is 30.4 Å². The van der Waals surface area contributed by atoms with E-state index in [-0.39, 0.29) is 35.5 Å². The van der Waals surface area contributed by atoms with Gasteiger partial charge in [-0.1, -0.05) is 24.3 Å². The number of likely N-dealkylation sites (N-methyl/N-ethyl adjacent to an activating group) is 1. The number of aromatic hydroxyl groups is 2. The number of rotatable bonds is 9. The molecular weight excluding hydrogens is 453 g/mol. The van der Waals surface area contributed by atoms with E-state index in [1.807, 2.05) is 36.4 Å². The van der Waals surface area contributed by atoms with E-state index >= 15 is 0 Å². The van der Waals surface area contributed by atoms with Crippen LogP contribution in [0.4, 0.5) is 0 Å². The first-order valence-corrected chi connectivity index (χ1v) is 9.29. The van der Waals surface area contributed by atoms with E-state index in [0.717, 1.165) is 47.5 Å². The second kappa shape index (κ2) is 11.2. The van der Waals surface area contributed by atoms with Crippen molar-refractivity contribution in [1.29, 1.82) is 0 Å². The molecule has 2 rings (SSSR count). The third-order valence-electron chi connectivity index (χ3n) is 5.12. The lowest BCUT2D eigenvalue weighted by atomic mass is 10.1. The van der Waals surface area contributed by atoms with Gasteiger partial charge in [-0.25, -0.2) is 0 Å². The van der Waals surface area contributed by atoms with Crippen LogP contribution in [-0.2, 0) is 0 Å². The second-order valence-corrected chi connectivity index (χ2v) is 6.55. The molecule has 0 aliphatic carbocycles. The Morgan fingerprint density at radius 2 is 1.33 bits per heavy atom. The van der Waals surface area contributed by atoms with Crippen LogP contribution in [0.3, 0.4) is 0 Å². The smallest absolute Gasteiger partial charge is 0.137 e. The molecular formula is C22H30INO3. The number of halogens is 1. The van der Waals surface area contributed by atoms with Gasteiger partial charge in [0, 0.05) is 6.07 Å². The Bertz CT molecular complexity index is 696. The molecule has 27 heavy (non-hydrogen) atoms. The Hall–Kier alpha value is -1.73.